The van der Waals surface area contributed by atoms with Crippen molar-refractivity contribution >= 4 is 5.91 Å². The zero-order chi connectivity index (χ0) is 19.3. The van der Waals surface area contributed by atoms with Gasteiger partial charge in [0.15, 0.2) is 0 Å². The van der Waals surface area contributed by atoms with E-state index in [4.69, 9.17) is 4.52 Å². The van der Waals surface area contributed by atoms with E-state index in [9.17, 15) is 9.18 Å². The predicted octanol–water partition coefficient (Wildman–Crippen LogP) is 2.69. The van der Waals surface area contributed by atoms with E-state index >= 15 is 0 Å². The summed E-state index contributed by atoms with van der Waals surface area (Å²) in [5.74, 6) is 1.20. The van der Waals surface area contributed by atoms with Crippen LogP contribution >= 0.6 is 0 Å². The van der Waals surface area contributed by atoms with Crippen LogP contribution < -0.4 is 0 Å². The van der Waals surface area contributed by atoms with Gasteiger partial charge in [-0.15, -0.1) is 0 Å². The molecule has 144 valence electrons. The van der Waals surface area contributed by atoms with Crippen molar-refractivity contribution in [3.63, 3.8) is 0 Å². The van der Waals surface area contributed by atoms with Crippen molar-refractivity contribution in [2.24, 2.45) is 5.92 Å². The molecule has 1 aliphatic heterocycles. The summed E-state index contributed by atoms with van der Waals surface area (Å²) in [7, 11) is 0. The smallest absolute Gasteiger partial charge is 0.227 e. The minimum absolute atomic E-state index is 0.0767. The van der Waals surface area contributed by atoms with Gasteiger partial charge in [-0.05, 0) is 36.5 Å². The number of amides is 1. The zero-order valence-corrected chi connectivity index (χ0v) is 15.3. The maximum Gasteiger partial charge on any atom is 0.227 e. The summed E-state index contributed by atoms with van der Waals surface area (Å²) in [6.07, 6.45) is 7.54. The van der Waals surface area contributed by atoms with Gasteiger partial charge >= 0.3 is 0 Å². The van der Waals surface area contributed by atoms with Gasteiger partial charge in [-0.3, -0.25) is 9.78 Å². The van der Waals surface area contributed by atoms with Gasteiger partial charge in [-0.1, -0.05) is 17.3 Å². The third-order valence-electron chi connectivity index (χ3n) is 4.96. The summed E-state index contributed by atoms with van der Waals surface area (Å²) in [5.41, 5.74) is 1.41. The molecule has 2 aromatic heterocycles. The zero-order valence-electron chi connectivity index (χ0n) is 15.3. The first-order chi connectivity index (χ1) is 13.7. The summed E-state index contributed by atoms with van der Waals surface area (Å²) < 4.78 is 18.3. The monoisotopic (exact) mass is 381 g/mol. The molecule has 3 heterocycles. The molecule has 1 aromatic carbocycles. The molecule has 0 bridgehead atoms. The molecule has 0 saturated carbocycles. The molecule has 0 radical (unpaired) electrons. The number of piperidine rings is 1. The Morgan fingerprint density at radius 2 is 1.96 bits per heavy atom. The van der Waals surface area contributed by atoms with Crippen LogP contribution in [0.25, 0.3) is 11.5 Å². The van der Waals surface area contributed by atoms with E-state index in [1.165, 1.54) is 12.1 Å². The Morgan fingerprint density at radius 1 is 1.18 bits per heavy atom. The number of rotatable bonds is 5. The summed E-state index contributed by atoms with van der Waals surface area (Å²) in [6.45, 7) is 1.41. The van der Waals surface area contributed by atoms with Crippen LogP contribution in [0, 0.1) is 11.7 Å². The number of aromatic nitrogens is 4. The Balaban J connectivity index is 1.28. The van der Waals surface area contributed by atoms with Gasteiger partial charge in [0.2, 0.25) is 17.6 Å². The quantitative estimate of drug-likeness (QED) is 0.676. The van der Waals surface area contributed by atoms with E-state index < -0.39 is 0 Å². The standard InChI is InChI=1S/C20H20FN5O2/c21-16-3-1-14(2-4-16)12-19(27)26-9-5-15(6-10-26)11-18-24-20(25-28-18)17-13-22-7-8-23-17/h1-4,7-8,13,15H,5-6,9-12H2. The molecule has 1 aliphatic rings. The lowest BCUT2D eigenvalue weighted by Gasteiger charge is -2.31. The van der Waals surface area contributed by atoms with E-state index in [1.807, 2.05) is 4.90 Å². The van der Waals surface area contributed by atoms with Crippen molar-refractivity contribution in [2.75, 3.05) is 13.1 Å². The molecular weight excluding hydrogens is 361 g/mol. The average Bonchev–Trinajstić information content (AvgIpc) is 3.19. The highest BCUT2D eigenvalue weighted by Crippen LogP contribution is 2.23. The topological polar surface area (TPSA) is 85.0 Å². The molecule has 1 amide bonds. The second-order valence-corrected chi connectivity index (χ2v) is 6.93. The van der Waals surface area contributed by atoms with Crippen LogP contribution in [0.5, 0.6) is 0 Å². The molecule has 28 heavy (non-hydrogen) atoms. The first-order valence-corrected chi connectivity index (χ1v) is 9.28. The van der Waals surface area contributed by atoms with Crippen LogP contribution in [0.4, 0.5) is 4.39 Å². The molecule has 0 N–H and O–H groups in total. The maximum atomic E-state index is 13.0. The van der Waals surface area contributed by atoms with Crippen LogP contribution in [-0.2, 0) is 17.6 Å². The third-order valence-corrected chi connectivity index (χ3v) is 4.96. The number of carbonyl (C=O) groups excluding carboxylic acids is 1. The fourth-order valence-corrected chi connectivity index (χ4v) is 3.38. The van der Waals surface area contributed by atoms with Gasteiger partial charge in [0, 0.05) is 31.9 Å². The second-order valence-electron chi connectivity index (χ2n) is 6.93. The Labute approximate surface area is 161 Å². The fraction of sp³-hybridized carbons (Fsp3) is 0.350. The fourth-order valence-electron chi connectivity index (χ4n) is 3.38. The average molecular weight is 381 g/mol. The minimum Gasteiger partial charge on any atom is -0.342 e. The van der Waals surface area contributed by atoms with Crippen molar-refractivity contribution in [2.45, 2.75) is 25.7 Å². The largest absolute Gasteiger partial charge is 0.342 e. The first kappa shape index (κ1) is 18.2. The maximum absolute atomic E-state index is 13.0. The van der Waals surface area contributed by atoms with Crippen molar-refractivity contribution in [3.8, 4) is 11.5 Å². The van der Waals surface area contributed by atoms with Crippen LogP contribution in [0.1, 0.15) is 24.3 Å². The van der Waals surface area contributed by atoms with Crippen molar-refractivity contribution in [1.29, 1.82) is 0 Å². The first-order valence-electron chi connectivity index (χ1n) is 9.28. The van der Waals surface area contributed by atoms with E-state index in [2.05, 4.69) is 20.1 Å². The van der Waals surface area contributed by atoms with Crippen molar-refractivity contribution in [3.05, 3.63) is 60.1 Å². The lowest BCUT2D eigenvalue weighted by Crippen LogP contribution is -2.39. The number of benzene rings is 1. The summed E-state index contributed by atoms with van der Waals surface area (Å²) in [4.78, 5) is 26.9. The molecule has 4 rings (SSSR count). The van der Waals surface area contributed by atoms with Gasteiger partial charge in [0.05, 0.1) is 12.6 Å². The Hall–Kier alpha value is -3.16. The Bertz CT molecular complexity index is 921. The number of halogens is 1. The minimum atomic E-state index is -0.291. The number of hydrogen-bond donors (Lipinski definition) is 0. The molecule has 8 heteroatoms. The molecule has 0 aliphatic carbocycles. The number of likely N-dealkylation sites (tertiary alicyclic amines) is 1. The van der Waals surface area contributed by atoms with Gasteiger partial charge in [-0.2, -0.15) is 4.98 Å². The van der Waals surface area contributed by atoms with E-state index in [0.29, 0.717) is 49.3 Å². The highest BCUT2D eigenvalue weighted by atomic mass is 19.1. The van der Waals surface area contributed by atoms with Gasteiger partial charge < -0.3 is 9.42 Å². The van der Waals surface area contributed by atoms with Crippen LogP contribution in [0.3, 0.4) is 0 Å². The second kappa shape index (κ2) is 8.24. The summed E-state index contributed by atoms with van der Waals surface area (Å²) in [5, 5.41) is 3.97. The number of hydrogen-bond acceptors (Lipinski definition) is 6. The lowest BCUT2D eigenvalue weighted by molar-refractivity contribution is -0.131. The van der Waals surface area contributed by atoms with Crippen molar-refractivity contribution in [1.82, 2.24) is 25.0 Å². The molecule has 1 fully saturated rings. The lowest BCUT2D eigenvalue weighted by atomic mass is 9.93. The van der Waals surface area contributed by atoms with Gasteiger partial charge in [-0.25, -0.2) is 9.37 Å². The highest BCUT2D eigenvalue weighted by molar-refractivity contribution is 5.78. The van der Waals surface area contributed by atoms with Gasteiger partial charge in [0.1, 0.15) is 11.5 Å². The molecule has 0 atom stereocenters. The van der Waals surface area contributed by atoms with Gasteiger partial charge in [0.25, 0.3) is 0 Å². The van der Waals surface area contributed by atoms with E-state index in [1.54, 1.807) is 30.7 Å². The molecule has 0 unspecified atom stereocenters. The molecule has 0 spiro atoms. The van der Waals surface area contributed by atoms with Crippen LogP contribution in [-0.4, -0.2) is 44.0 Å². The molecule has 1 saturated heterocycles. The third kappa shape index (κ3) is 4.39. The summed E-state index contributed by atoms with van der Waals surface area (Å²) >= 11 is 0. The van der Waals surface area contributed by atoms with Crippen molar-refractivity contribution < 1.29 is 13.7 Å². The molecular formula is C20H20FN5O2. The molecule has 7 nitrogen and oxygen atoms in total. The Morgan fingerprint density at radius 3 is 2.68 bits per heavy atom. The van der Waals surface area contributed by atoms with E-state index in [-0.39, 0.29) is 11.7 Å². The Kier molecular flexibility index (Phi) is 5.36. The predicted molar refractivity (Wildman–Crippen MR) is 98.4 cm³/mol. The van der Waals surface area contributed by atoms with Crippen LogP contribution in [0.2, 0.25) is 0 Å². The number of carbonyl (C=O) groups is 1. The molecule has 3 aromatic rings. The highest BCUT2D eigenvalue weighted by Gasteiger charge is 2.24. The van der Waals surface area contributed by atoms with E-state index in [0.717, 1.165) is 18.4 Å². The SMILES string of the molecule is O=C(Cc1ccc(F)cc1)N1CCC(Cc2nc(-c3cnccn3)no2)CC1. The van der Waals surface area contributed by atoms with Crippen LogP contribution in [0.15, 0.2) is 47.4 Å². The number of nitrogens with zero attached hydrogens (tertiary/aromatic N) is 5. The normalized spacial score (nSPS) is 15.0. The summed E-state index contributed by atoms with van der Waals surface area (Å²) in [6, 6.07) is 6.08.